The van der Waals surface area contributed by atoms with Crippen molar-refractivity contribution in [3.8, 4) is 0 Å². The van der Waals surface area contributed by atoms with E-state index in [1.54, 1.807) is 20.8 Å². The van der Waals surface area contributed by atoms with Gasteiger partial charge in [0.2, 0.25) is 15.9 Å². The molecule has 0 spiro atoms. The molecule has 1 aromatic rings. The van der Waals surface area contributed by atoms with Crippen molar-refractivity contribution in [2.24, 2.45) is 0 Å². The lowest BCUT2D eigenvalue weighted by Crippen LogP contribution is -2.46. The summed E-state index contributed by atoms with van der Waals surface area (Å²) in [5, 5.41) is 5.42. The minimum Gasteiger partial charge on any atom is -0.444 e. The molecular weight excluding hydrogens is 382 g/mol. The van der Waals surface area contributed by atoms with Gasteiger partial charge in [-0.2, -0.15) is 4.72 Å². The van der Waals surface area contributed by atoms with Gasteiger partial charge in [-0.05, 0) is 52.0 Å². The minimum atomic E-state index is -3.84. The third-order valence-corrected chi connectivity index (χ3v) is 4.75. The predicted molar refractivity (Wildman–Crippen MR) is 98.5 cm³/mol. The molecule has 0 aromatic heterocycles. The minimum absolute atomic E-state index is 0.00754. The van der Waals surface area contributed by atoms with Crippen LogP contribution in [0.4, 0.5) is 4.79 Å². The number of hydrogen-bond donors (Lipinski definition) is 3. The van der Waals surface area contributed by atoms with Crippen LogP contribution in [0.3, 0.4) is 0 Å². The first-order valence-electron chi connectivity index (χ1n) is 7.93. The summed E-state index contributed by atoms with van der Waals surface area (Å²) in [6, 6.07) is 4.60. The lowest BCUT2D eigenvalue weighted by Gasteiger charge is -2.20. The molecule has 2 amide bonds. The Bertz CT molecular complexity index is 729. The fourth-order valence-corrected chi connectivity index (χ4v) is 3.11. The number of carbonyl (C=O) groups is 2. The average molecular weight is 406 g/mol. The number of amides is 2. The number of sulfonamides is 1. The van der Waals surface area contributed by atoms with Crippen LogP contribution in [0.2, 0.25) is 5.02 Å². The predicted octanol–water partition coefficient (Wildman–Crippen LogP) is 1.65. The Morgan fingerprint density at radius 3 is 2.19 bits per heavy atom. The van der Waals surface area contributed by atoms with E-state index in [0.717, 1.165) is 0 Å². The third-order valence-electron chi connectivity index (χ3n) is 2.94. The van der Waals surface area contributed by atoms with Crippen molar-refractivity contribution < 1.29 is 22.7 Å². The second-order valence-corrected chi connectivity index (χ2v) is 8.67. The van der Waals surface area contributed by atoms with Gasteiger partial charge >= 0.3 is 6.09 Å². The molecular formula is C16H24ClN3O5S. The molecule has 0 fully saturated rings. The monoisotopic (exact) mass is 405 g/mol. The van der Waals surface area contributed by atoms with Crippen molar-refractivity contribution in [3.63, 3.8) is 0 Å². The molecule has 146 valence electrons. The van der Waals surface area contributed by atoms with Gasteiger partial charge in [0.1, 0.15) is 5.60 Å². The molecule has 26 heavy (non-hydrogen) atoms. The summed E-state index contributed by atoms with van der Waals surface area (Å²) in [6.07, 6.45) is -0.594. The zero-order chi connectivity index (χ0) is 20.0. The third kappa shape index (κ3) is 8.03. The van der Waals surface area contributed by atoms with E-state index in [0.29, 0.717) is 5.02 Å². The van der Waals surface area contributed by atoms with E-state index in [4.69, 9.17) is 16.3 Å². The first-order chi connectivity index (χ1) is 11.9. The quantitative estimate of drug-likeness (QED) is 0.597. The number of hydrogen-bond acceptors (Lipinski definition) is 5. The molecule has 1 rings (SSSR count). The topological polar surface area (TPSA) is 114 Å². The van der Waals surface area contributed by atoms with Crippen LogP contribution < -0.4 is 15.4 Å². The van der Waals surface area contributed by atoms with Crippen molar-refractivity contribution >= 4 is 33.6 Å². The molecule has 8 nitrogen and oxygen atoms in total. The molecule has 0 unspecified atom stereocenters. The Morgan fingerprint density at radius 2 is 1.65 bits per heavy atom. The van der Waals surface area contributed by atoms with E-state index in [2.05, 4.69) is 15.4 Å². The largest absolute Gasteiger partial charge is 0.444 e. The molecule has 0 bridgehead atoms. The number of ether oxygens (including phenoxy) is 1. The number of nitrogens with one attached hydrogen (secondary N) is 3. The van der Waals surface area contributed by atoms with Crippen molar-refractivity contribution in [1.82, 2.24) is 15.4 Å². The van der Waals surface area contributed by atoms with E-state index in [1.807, 2.05) is 0 Å². The first kappa shape index (κ1) is 22.2. The van der Waals surface area contributed by atoms with Gasteiger partial charge in [0, 0.05) is 18.1 Å². The maximum atomic E-state index is 12.2. The maximum absolute atomic E-state index is 12.2. The molecule has 1 atom stereocenters. The smallest absolute Gasteiger partial charge is 0.407 e. The van der Waals surface area contributed by atoms with Crippen LogP contribution in [0.15, 0.2) is 29.2 Å². The molecule has 0 heterocycles. The zero-order valence-corrected chi connectivity index (χ0v) is 16.7. The molecule has 1 aromatic carbocycles. The average Bonchev–Trinajstić information content (AvgIpc) is 2.49. The Hall–Kier alpha value is -1.84. The van der Waals surface area contributed by atoms with Gasteiger partial charge in [0.05, 0.1) is 10.9 Å². The molecule has 0 radical (unpaired) electrons. The summed E-state index contributed by atoms with van der Waals surface area (Å²) in [6.45, 7) is 6.92. The summed E-state index contributed by atoms with van der Waals surface area (Å²) >= 11 is 5.73. The Balaban J connectivity index is 2.43. The van der Waals surface area contributed by atoms with Crippen molar-refractivity contribution in [3.05, 3.63) is 29.3 Å². The number of halogens is 1. The number of rotatable bonds is 7. The summed E-state index contributed by atoms with van der Waals surface area (Å²) in [4.78, 5) is 23.4. The summed E-state index contributed by atoms with van der Waals surface area (Å²) in [7, 11) is -3.84. The van der Waals surface area contributed by atoms with Gasteiger partial charge in [0.25, 0.3) is 0 Å². The first-order valence-corrected chi connectivity index (χ1v) is 9.79. The highest BCUT2D eigenvalue weighted by atomic mass is 35.5. The fourth-order valence-electron chi connectivity index (χ4n) is 1.79. The number of carbonyl (C=O) groups excluding carboxylic acids is 2. The highest BCUT2D eigenvalue weighted by Gasteiger charge is 2.22. The van der Waals surface area contributed by atoms with Crippen LogP contribution in [-0.4, -0.2) is 45.2 Å². The highest BCUT2D eigenvalue weighted by molar-refractivity contribution is 7.89. The summed E-state index contributed by atoms with van der Waals surface area (Å²) in [5.74, 6) is -0.520. The highest BCUT2D eigenvalue weighted by Crippen LogP contribution is 2.14. The molecule has 3 N–H and O–H groups in total. The van der Waals surface area contributed by atoms with Gasteiger partial charge < -0.3 is 15.4 Å². The maximum Gasteiger partial charge on any atom is 0.407 e. The van der Waals surface area contributed by atoms with Crippen LogP contribution in [0.5, 0.6) is 0 Å². The second kappa shape index (κ2) is 9.20. The summed E-state index contributed by atoms with van der Waals surface area (Å²) < 4.78 is 31.7. The van der Waals surface area contributed by atoms with Crippen LogP contribution >= 0.6 is 11.6 Å². The number of alkyl carbamates (subject to hydrolysis) is 1. The molecule has 0 aliphatic heterocycles. The lowest BCUT2D eigenvalue weighted by atomic mass is 10.2. The standard InChI is InChI=1S/C16H24ClN3O5S/c1-11(20-26(23,24)13-7-5-12(17)6-8-13)14(21)18-9-10-19-15(22)25-16(2,3)4/h5-8,11,20H,9-10H2,1-4H3,(H,18,21)(H,19,22)/t11-/m0/s1. The molecule has 0 saturated heterocycles. The Labute approximate surface area is 158 Å². The van der Waals surface area contributed by atoms with Crippen LogP contribution in [0.1, 0.15) is 27.7 Å². The van der Waals surface area contributed by atoms with E-state index < -0.39 is 33.7 Å². The Morgan fingerprint density at radius 1 is 1.12 bits per heavy atom. The van der Waals surface area contributed by atoms with E-state index in [9.17, 15) is 18.0 Å². The van der Waals surface area contributed by atoms with Gasteiger partial charge in [-0.1, -0.05) is 11.6 Å². The van der Waals surface area contributed by atoms with E-state index in [1.165, 1.54) is 31.2 Å². The van der Waals surface area contributed by atoms with Gasteiger partial charge in [-0.25, -0.2) is 13.2 Å². The summed E-state index contributed by atoms with van der Waals surface area (Å²) in [5.41, 5.74) is -0.609. The van der Waals surface area contributed by atoms with Crippen molar-refractivity contribution in [1.29, 1.82) is 0 Å². The molecule has 0 saturated carbocycles. The normalized spacial score (nSPS) is 13.0. The number of benzene rings is 1. The molecule has 0 aliphatic carbocycles. The van der Waals surface area contributed by atoms with Crippen molar-refractivity contribution in [2.75, 3.05) is 13.1 Å². The molecule has 10 heteroatoms. The van der Waals surface area contributed by atoms with E-state index in [-0.39, 0.29) is 18.0 Å². The fraction of sp³-hybridized carbons (Fsp3) is 0.500. The van der Waals surface area contributed by atoms with Crippen molar-refractivity contribution in [2.45, 2.75) is 44.2 Å². The Kier molecular flexibility index (Phi) is 7.86. The van der Waals surface area contributed by atoms with Crippen LogP contribution in [0, 0.1) is 0 Å². The van der Waals surface area contributed by atoms with E-state index >= 15 is 0 Å². The van der Waals surface area contributed by atoms with Gasteiger partial charge in [0.15, 0.2) is 0 Å². The zero-order valence-electron chi connectivity index (χ0n) is 15.1. The van der Waals surface area contributed by atoms with Crippen LogP contribution in [-0.2, 0) is 19.6 Å². The lowest BCUT2D eigenvalue weighted by molar-refractivity contribution is -0.122. The van der Waals surface area contributed by atoms with Crippen LogP contribution in [0.25, 0.3) is 0 Å². The SMILES string of the molecule is C[C@H](NS(=O)(=O)c1ccc(Cl)cc1)C(=O)NCCNC(=O)OC(C)(C)C. The second-order valence-electron chi connectivity index (χ2n) is 6.52. The van der Waals surface area contributed by atoms with Gasteiger partial charge in [-0.3, -0.25) is 4.79 Å². The molecule has 0 aliphatic rings. The van der Waals surface area contributed by atoms with Gasteiger partial charge in [-0.15, -0.1) is 0 Å².